The fraction of sp³-hybridized carbons (Fsp3) is 0.481. The van der Waals surface area contributed by atoms with Gasteiger partial charge in [-0.1, -0.05) is 44.2 Å². The number of hydrogen-bond donors (Lipinski definition) is 2. The number of hydrogen-bond acceptors (Lipinski definition) is 6. The smallest absolute Gasteiger partial charge is 0.305 e. The second kappa shape index (κ2) is 11.1. The average Bonchev–Trinajstić information content (AvgIpc) is 3.26. The van der Waals surface area contributed by atoms with Crippen LogP contribution in [0.25, 0.3) is 10.1 Å². The van der Waals surface area contributed by atoms with Gasteiger partial charge in [-0.2, -0.15) is 0 Å². The molecule has 4 unspecified atom stereocenters. The van der Waals surface area contributed by atoms with Crippen LogP contribution in [0.3, 0.4) is 0 Å². The molecular weight excluding hydrogens is 436 g/mol. The first-order chi connectivity index (χ1) is 15.7. The van der Waals surface area contributed by atoms with Crippen LogP contribution >= 0.6 is 11.3 Å². The Hall–Kier alpha value is -2.46. The van der Waals surface area contributed by atoms with E-state index >= 15 is 0 Å². The summed E-state index contributed by atoms with van der Waals surface area (Å²) in [6.45, 7) is 3.52. The quantitative estimate of drug-likeness (QED) is 0.261. The van der Waals surface area contributed by atoms with Gasteiger partial charge in [0.25, 0.3) is 0 Å². The minimum atomic E-state index is -0.858. The molecule has 1 heterocycles. The number of esters is 1. The number of aliphatic hydroxyl groups is 2. The zero-order chi connectivity index (χ0) is 24.0. The minimum Gasteiger partial charge on any atom is -0.469 e. The van der Waals surface area contributed by atoms with Gasteiger partial charge in [-0.3, -0.25) is 9.59 Å². The molecule has 0 spiro atoms. The Morgan fingerprint density at radius 2 is 2.06 bits per heavy atom. The van der Waals surface area contributed by atoms with Crippen LogP contribution in [-0.2, 0) is 20.7 Å². The van der Waals surface area contributed by atoms with Crippen LogP contribution in [0.2, 0.25) is 0 Å². The molecule has 2 aromatic rings. The van der Waals surface area contributed by atoms with Crippen LogP contribution in [0, 0.1) is 29.1 Å². The number of unbranched alkanes of at least 4 members (excludes halogenated alkanes) is 1. The van der Waals surface area contributed by atoms with Crippen LogP contribution in [0.5, 0.6) is 0 Å². The Balaban J connectivity index is 1.63. The van der Waals surface area contributed by atoms with E-state index in [1.54, 1.807) is 37.3 Å². The summed E-state index contributed by atoms with van der Waals surface area (Å²) in [6.07, 6.45) is 4.28. The number of benzene rings is 1. The van der Waals surface area contributed by atoms with Crippen molar-refractivity contribution in [2.75, 3.05) is 7.11 Å². The third-order valence-corrected chi connectivity index (χ3v) is 7.48. The van der Waals surface area contributed by atoms with Crippen LogP contribution in [0.4, 0.5) is 0 Å². The zero-order valence-electron chi connectivity index (χ0n) is 19.4. The van der Waals surface area contributed by atoms with E-state index in [9.17, 15) is 19.8 Å². The first-order valence-corrected chi connectivity index (χ1v) is 12.1. The Morgan fingerprint density at radius 1 is 1.30 bits per heavy atom. The van der Waals surface area contributed by atoms with E-state index in [1.807, 2.05) is 12.1 Å². The van der Waals surface area contributed by atoms with E-state index in [-0.39, 0.29) is 11.8 Å². The molecule has 0 bridgehead atoms. The predicted octanol–water partition coefficient (Wildman–Crippen LogP) is 4.30. The number of fused-ring (bicyclic) bond motifs is 1. The number of aliphatic hydroxyl groups excluding tert-OH is 2. The molecule has 1 aromatic carbocycles. The number of Topliss-reactive ketones (excluding diaryl/α,β-unsaturated/α-hetero) is 1. The fourth-order valence-corrected chi connectivity index (χ4v) is 5.44. The lowest BCUT2D eigenvalue weighted by atomic mass is 9.86. The van der Waals surface area contributed by atoms with Gasteiger partial charge < -0.3 is 14.9 Å². The van der Waals surface area contributed by atoms with Gasteiger partial charge in [-0.15, -0.1) is 23.2 Å². The molecule has 1 aliphatic rings. The van der Waals surface area contributed by atoms with E-state index in [1.165, 1.54) is 11.8 Å². The first kappa shape index (κ1) is 25.2. The van der Waals surface area contributed by atoms with E-state index in [0.717, 1.165) is 10.3 Å². The maximum atomic E-state index is 12.9. The van der Waals surface area contributed by atoms with Crippen molar-refractivity contribution >= 4 is 33.2 Å². The van der Waals surface area contributed by atoms with Gasteiger partial charge >= 0.3 is 5.97 Å². The highest BCUT2D eigenvalue weighted by molar-refractivity contribution is 7.19. The molecule has 176 valence electrons. The van der Waals surface area contributed by atoms with Gasteiger partial charge in [-0.05, 0) is 23.9 Å². The number of carbonyl (C=O) groups is 2. The maximum Gasteiger partial charge on any atom is 0.305 e. The number of methoxy groups -OCH3 is 1. The lowest BCUT2D eigenvalue weighted by molar-refractivity contribution is -0.140. The van der Waals surface area contributed by atoms with Crippen LogP contribution in [-0.4, -0.2) is 41.3 Å². The lowest BCUT2D eigenvalue weighted by Crippen LogP contribution is -2.31. The van der Waals surface area contributed by atoms with Crippen molar-refractivity contribution in [1.82, 2.24) is 0 Å². The highest BCUT2D eigenvalue weighted by atomic mass is 32.1. The zero-order valence-corrected chi connectivity index (χ0v) is 20.2. The van der Waals surface area contributed by atoms with Crippen molar-refractivity contribution in [1.29, 1.82) is 0 Å². The molecular formula is C27H32O5S. The minimum absolute atomic E-state index is 0.00694. The molecule has 4 atom stereocenters. The van der Waals surface area contributed by atoms with Crippen molar-refractivity contribution in [2.45, 2.75) is 58.2 Å². The predicted molar refractivity (Wildman–Crippen MR) is 131 cm³/mol. The van der Waals surface area contributed by atoms with Gasteiger partial charge in [-0.25, -0.2) is 0 Å². The summed E-state index contributed by atoms with van der Waals surface area (Å²) in [5, 5.41) is 22.6. The third kappa shape index (κ3) is 6.11. The summed E-state index contributed by atoms with van der Waals surface area (Å²) >= 11 is 1.66. The van der Waals surface area contributed by atoms with Crippen LogP contribution in [0.1, 0.15) is 44.4 Å². The lowest BCUT2D eigenvalue weighted by Gasteiger charge is -2.22. The molecule has 0 radical (unpaired) electrons. The van der Waals surface area contributed by atoms with E-state index < -0.39 is 29.5 Å². The number of ketones is 1. The number of rotatable bonds is 8. The topological polar surface area (TPSA) is 83.8 Å². The third-order valence-electron chi connectivity index (χ3n) is 6.34. The summed E-state index contributed by atoms with van der Waals surface area (Å²) < 4.78 is 5.80. The summed E-state index contributed by atoms with van der Waals surface area (Å²) in [5.74, 6) is 4.99. The molecule has 3 rings (SSSR count). The van der Waals surface area contributed by atoms with Gasteiger partial charge in [0.05, 0.1) is 24.7 Å². The maximum absolute atomic E-state index is 12.9. The summed E-state index contributed by atoms with van der Waals surface area (Å²) in [6, 6.07) is 10.2. The first-order valence-electron chi connectivity index (χ1n) is 11.3. The monoisotopic (exact) mass is 468 g/mol. The Labute approximate surface area is 199 Å². The second-order valence-corrected chi connectivity index (χ2v) is 10.3. The van der Waals surface area contributed by atoms with E-state index in [2.05, 4.69) is 34.8 Å². The van der Waals surface area contributed by atoms with Crippen molar-refractivity contribution in [3.63, 3.8) is 0 Å². The molecule has 1 saturated carbocycles. The van der Waals surface area contributed by atoms with Crippen LogP contribution in [0.15, 0.2) is 42.5 Å². The molecule has 0 saturated heterocycles. The molecule has 2 N–H and O–H groups in total. The largest absolute Gasteiger partial charge is 0.469 e. The molecule has 1 fully saturated rings. The van der Waals surface area contributed by atoms with Crippen LogP contribution < -0.4 is 0 Å². The van der Waals surface area contributed by atoms with E-state index in [0.29, 0.717) is 32.1 Å². The van der Waals surface area contributed by atoms with Gasteiger partial charge in [0.2, 0.25) is 0 Å². The Kier molecular flexibility index (Phi) is 8.47. The molecule has 5 nitrogen and oxygen atoms in total. The Bertz CT molecular complexity index is 1040. The van der Waals surface area contributed by atoms with Crippen molar-refractivity contribution < 1.29 is 24.5 Å². The highest BCUT2D eigenvalue weighted by Gasteiger charge is 2.53. The number of carbonyl (C=O) groups excluding carboxylic acids is 2. The molecule has 1 aliphatic carbocycles. The standard InChI is InChI=1S/C27H32O5S/c1-27(2)25(30)21(11-6-4-5-7-13-24(29)32-3)22(26(27)31)15-14-19(28)17-20-16-18-10-8-9-12-23(18)33-20/h8-10,12,14-16,19,21-22,26,28,31H,5,7,11,13,17H2,1-3H3. The molecule has 33 heavy (non-hydrogen) atoms. The van der Waals surface area contributed by atoms with Gasteiger partial charge in [0, 0.05) is 47.1 Å². The van der Waals surface area contributed by atoms with E-state index in [4.69, 9.17) is 0 Å². The van der Waals surface area contributed by atoms with Crippen molar-refractivity contribution in [2.24, 2.45) is 17.3 Å². The fourth-order valence-electron chi connectivity index (χ4n) is 4.33. The molecule has 0 aliphatic heterocycles. The number of ether oxygens (including phenoxy) is 1. The second-order valence-electron chi connectivity index (χ2n) is 9.11. The van der Waals surface area contributed by atoms with Crippen molar-refractivity contribution in [3.8, 4) is 11.8 Å². The number of thiophene rings is 1. The van der Waals surface area contributed by atoms with Crippen molar-refractivity contribution in [3.05, 3.63) is 47.4 Å². The molecule has 0 amide bonds. The Morgan fingerprint density at radius 3 is 2.79 bits per heavy atom. The normalized spacial score (nSPS) is 22.9. The van der Waals surface area contributed by atoms with Gasteiger partial charge in [0.15, 0.2) is 0 Å². The highest BCUT2D eigenvalue weighted by Crippen LogP contribution is 2.44. The summed E-state index contributed by atoms with van der Waals surface area (Å²) in [5.41, 5.74) is -0.858. The average molecular weight is 469 g/mol. The SMILES string of the molecule is COC(=O)CCCC#CCC1C(=O)C(C)(C)C(O)C1C=CC(O)Cc1cc2ccccc2s1. The van der Waals surface area contributed by atoms with Gasteiger partial charge in [0.1, 0.15) is 5.78 Å². The summed E-state index contributed by atoms with van der Waals surface area (Å²) in [4.78, 5) is 25.2. The summed E-state index contributed by atoms with van der Waals surface area (Å²) in [7, 11) is 1.36. The molecule has 1 aromatic heterocycles. The molecule has 6 heteroatoms.